The van der Waals surface area contributed by atoms with Crippen LogP contribution in [0, 0.1) is 6.92 Å². The van der Waals surface area contributed by atoms with Crippen molar-refractivity contribution < 1.29 is 9.53 Å². The second-order valence-electron chi connectivity index (χ2n) is 3.54. The Kier molecular flexibility index (Phi) is 3.39. The highest BCUT2D eigenvalue weighted by atomic mass is 32.1. The number of aryl methyl sites for hydroxylation is 1. The molecule has 0 radical (unpaired) electrons. The molecule has 2 aromatic rings. The van der Waals surface area contributed by atoms with Gasteiger partial charge in [0.25, 0.3) is 0 Å². The van der Waals surface area contributed by atoms with E-state index < -0.39 is 5.91 Å². The van der Waals surface area contributed by atoms with E-state index in [9.17, 15) is 4.79 Å². The molecule has 0 aliphatic rings. The summed E-state index contributed by atoms with van der Waals surface area (Å²) in [4.78, 5) is 15.2. The SMILES string of the molecule is Cc1nc(COc2ccc(C(N)=O)cc2)cs1. The van der Waals surface area contributed by atoms with Crippen LogP contribution in [0.5, 0.6) is 5.75 Å². The normalized spacial score (nSPS) is 10.2. The van der Waals surface area contributed by atoms with Gasteiger partial charge in [-0.25, -0.2) is 4.98 Å². The van der Waals surface area contributed by atoms with Gasteiger partial charge in [-0.15, -0.1) is 11.3 Å². The minimum Gasteiger partial charge on any atom is -0.487 e. The van der Waals surface area contributed by atoms with E-state index in [1.807, 2.05) is 12.3 Å². The van der Waals surface area contributed by atoms with Crippen LogP contribution >= 0.6 is 11.3 Å². The summed E-state index contributed by atoms with van der Waals surface area (Å²) in [6.45, 7) is 2.38. The molecule has 0 saturated carbocycles. The van der Waals surface area contributed by atoms with Crippen molar-refractivity contribution in [2.45, 2.75) is 13.5 Å². The van der Waals surface area contributed by atoms with Gasteiger partial charge in [0.15, 0.2) is 0 Å². The highest BCUT2D eigenvalue weighted by molar-refractivity contribution is 7.09. The second kappa shape index (κ2) is 4.97. The molecule has 1 aromatic carbocycles. The minimum atomic E-state index is -0.438. The number of hydrogen-bond donors (Lipinski definition) is 1. The van der Waals surface area contributed by atoms with Crippen molar-refractivity contribution in [1.29, 1.82) is 0 Å². The first-order chi connectivity index (χ1) is 8.15. The van der Waals surface area contributed by atoms with Gasteiger partial charge < -0.3 is 10.5 Å². The monoisotopic (exact) mass is 248 g/mol. The van der Waals surface area contributed by atoms with Crippen LogP contribution in [-0.4, -0.2) is 10.9 Å². The lowest BCUT2D eigenvalue weighted by molar-refractivity contribution is 0.100. The van der Waals surface area contributed by atoms with Crippen LogP contribution in [0.4, 0.5) is 0 Å². The molecule has 0 aliphatic carbocycles. The molecular formula is C12H12N2O2S. The first-order valence-corrected chi connectivity index (χ1v) is 5.97. The predicted octanol–water partition coefficient (Wildman–Crippen LogP) is 2.13. The van der Waals surface area contributed by atoms with Gasteiger partial charge >= 0.3 is 0 Å². The molecule has 17 heavy (non-hydrogen) atoms. The summed E-state index contributed by atoms with van der Waals surface area (Å²) in [5, 5.41) is 2.99. The third-order valence-corrected chi connectivity index (χ3v) is 3.01. The average molecular weight is 248 g/mol. The maximum atomic E-state index is 10.9. The molecule has 0 saturated heterocycles. The van der Waals surface area contributed by atoms with Crippen LogP contribution in [0.2, 0.25) is 0 Å². The van der Waals surface area contributed by atoms with Crippen molar-refractivity contribution in [1.82, 2.24) is 4.98 Å². The molecule has 0 aliphatic heterocycles. The van der Waals surface area contributed by atoms with Crippen molar-refractivity contribution in [2.24, 2.45) is 5.73 Å². The lowest BCUT2D eigenvalue weighted by atomic mass is 10.2. The van der Waals surface area contributed by atoms with E-state index in [1.54, 1.807) is 35.6 Å². The molecule has 0 unspecified atom stereocenters. The van der Waals surface area contributed by atoms with Gasteiger partial charge in [0, 0.05) is 10.9 Å². The Balaban J connectivity index is 1.97. The molecule has 4 nitrogen and oxygen atoms in total. The summed E-state index contributed by atoms with van der Waals surface area (Å²) in [6.07, 6.45) is 0. The third-order valence-electron chi connectivity index (χ3n) is 2.19. The number of amides is 1. The van der Waals surface area contributed by atoms with Crippen LogP contribution in [0.3, 0.4) is 0 Å². The Labute approximate surface area is 103 Å². The van der Waals surface area contributed by atoms with Gasteiger partial charge in [0.05, 0.1) is 10.7 Å². The number of benzene rings is 1. The molecule has 1 aromatic heterocycles. The van der Waals surface area contributed by atoms with Gasteiger partial charge in [0.1, 0.15) is 12.4 Å². The molecule has 5 heteroatoms. The Morgan fingerprint density at radius 2 is 2.12 bits per heavy atom. The standard InChI is InChI=1S/C12H12N2O2S/c1-8-14-10(7-17-8)6-16-11-4-2-9(3-5-11)12(13)15/h2-5,7H,6H2,1H3,(H2,13,15). The van der Waals surface area contributed by atoms with Gasteiger partial charge in [-0.2, -0.15) is 0 Å². The third kappa shape index (κ3) is 3.04. The molecule has 1 heterocycles. The van der Waals surface area contributed by atoms with Crippen molar-refractivity contribution in [2.75, 3.05) is 0 Å². The highest BCUT2D eigenvalue weighted by Gasteiger charge is 2.02. The molecule has 2 N–H and O–H groups in total. The maximum absolute atomic E-state index is 10.9. The Hall–Kier alpha value is -1.88. The predicted molar refractivity (Wildman–Crippen MR) is 66.1 cm³/mol. The first-order valence-electron chi connectivity index (χ1n) is 5.09. The zero-order valence-corrected chi connectivity index (χ0v) is 10.2. The summed E-state index contributed by atoms with van der Waals surface area (Å²) >= 11 is 1.59. The molecule has 0 bridgehead atoms. The fraction of sp³-hybridized carbons (Fsp3) is 0.167. The van der Waals surface area contributed by atoms with E-state index in [4.69, 9.17) is 10.5 Å². The maximum Gasteiger partial charge on any atom is 0.248 e. The van der Waals surface area contributed by atoms with E-state index >= 15 is 0 Å². The van der Waals surface area contributed by atoms with Crippen molar-refractivity contribution >= 4 is 17.2 Å². The number of aromatic nitrogens is 1. The number of hydrogen-bond acceptors (Lipinski definition) is 4. The zero-order valence-electron chi connectivity index (χ0n) is 9.34. The number of carbonyl (C=O) groups excluding carboxylic acids is 1. The van der Waals surface area contributed by atoms with E-state index in [-0.39, 0.29) is 0 Å². The van der Waals surface area contributed by atoms with Crippen LogP contribution < -0.4 is 10.5 Å². The number of primary amides is 1. The fourth-order valence-corrected chi connectivity index (χ4v) is 1.94. The van der Waals surface area contributed by atoms with Crippen LogP contribution in [0.1, 0.15) is 21.1 Å². The van der Waals surface area contributed by atoms with Gasteiger partial charge in [-0.1, -0.05) is 0 Å². The lowest BCUT2D eigenvalue weighted by Gasteiger charge is -2.04. The van der Waals surface area contributed by atoms with Crippen LogP contribution in [-0.2, 0) is 6.61 Å². The Bertz CT molecular complexity index is 520. The summed E-state index contributed by atoms with van der Waals surface area (Å²) in [7, 11) is 0. The van der Waals surface area contributed by atoms with Crippen molar-refractivity contribution in [3.63, 3.8) is 0 Å². The highest BCUT2D eigenvalue weighted by Crippen LogP contribution is 2.15. The van der Waals surface area contributed by atoms with E-state index in [2.05, 4.69) is 4.98 Å². The number of ether oxygens (including phenoxy) is 1. The molecule has 88 valence electrons. The van der Waals surface area contributed by atoms with Gasteiger partial charge in [-0.05, 0) is 31.2 Å². The van der Waals surface area contributed by atoms with Crippen molar-refractivity contribution in [3.05, 3.63) is 45.9 Å². The molecule has 0 atom stereocenters. The molecule has 2 rings (SSSR count). The summed E-state index contributed by atoms with van der Waals surface area (Å²) in [5.41, 5.74) is 6.53. The smallest absolute Gasteiger partial charge is 0.248 e. The summed E-state index contributed by atoms with van der Waals surface area (Å²) in [5.74, 6) is 0.257. The summed E-state index contributed by atoms with van der Waals surface area (Å²) in [6, 6.07) is 6.73. The average Bonchev–Trinajstić information content (AvgIpc) is 2.73. The van der Waals surface area contributed by atoms with Crippen LogP contribution in [0.25, 0.3) is 0 Å². The Morgan fingerprint density at radius 3 is 2.65 bits per heavy atom. The fourth-order valence-electron chi connectivity index (χ4n) is 1.35. The van der Waals surface area contributed by atoms with E-state index in [1.165, 1.54) is 0 Å². The zero-order chi connectivity index (χ0) is 12.3. The summed E-state index contributed by atoms with van der Waals surface area (Å²) < 4.78 is 5.53. The van der Waals surface area contributed by atoms with Gasteiger partial charge in [-0.3, -0.25) is 4.79 Å². The number of thiazole rings is 1. The molecule has 1 amide bonds. The van der Waals surface area contributed by atoms with Crippen molar-refractivity contribution in [3.8, 4) is 5.75 Å². The first kappa shape index (κ1) is 11.6. The Morgan fingerprint density at radius 1 is 1.41 bits per heavy atom. The number of nitrogens with zero attached hydrogens (tertiary/aromatic N) is 1. The number of nitrogens with two attached hydrogens (primary N) is 1. The lowest BCUT2D eigenvalue weighted by Crippen LogP contribution is -2.10. The molecular weight excluding hydrogens is 236 g/mol. The molecule has 0 fully saturated rings. The van der Waals surface area contributed by atoms with Gasteiger partial charge in [0.2, 0.25) is 5.91 Å². The quantitative estimate of drug-likeness (QED) is 0.901. The topological polar surface area (TPSA) is 65.2 Å². The van der Waals surface area contributed by atoms with E-state index in [0.717, 1.165) is 10.7 Å². The molecule has 0 spiro atoms. The van der Waals surface area contributed by atoms with Crippen LogP contribution in [0.15, 0.2) is 29.6 Å². The van der Waals surface area contributed by atoms with E-state index in [0.29, 0.717) is 17.9 Å². The number of rotatable bonds is 4. The largest absolute Gasteiger partial charge is 0.487 e. The minimum absolute atomic E-state index is 0.431. The number of carbonyl (C=O) groups is 1. The second-order valence-corrected chi connectivity index (χ2v) is 4.60.